The molecule has 0 saturated heterocycles. The highest BCUT2D eigenvalue weighted by Crippen LogP contribution is 2.32. The van der Waals surface area contributed by atoms with E-state index in [0.717, 1.165) is 12.1 Å². The number of alkyl halides is 3. The lowest BCUT2D eigenvalue weighted by Gasteiger charge is -2.28. The van der Waals surface area contributed by atoms with Crippen molar-refractivity contribution in [3.05, 3.63) is 89.5 Å². The molecule has 31 heavy (non-hydrogen) atoms. The van der Waals surface area contributed by atoms with Crippen LogP contribution in [-0.4, -0.2) is 14.3 Å². The highest BCUT2D eigenvalue weighted by atomic mass is 32.2. The molecular weight excluding hydrogens is 431 g/mol. The Labute approximate surface area is 176 Å². The molecule has 10 heteroatoms. The van der Waals surface area contributed by atoms with Crippen LogP contribution < -0.4 is 15.4 Å². The standard InChI is InChI=1S/C21H16F3N3O3S/c22-21(23,24)15-4-3-5-16(12-15)25-20(28)14-10-8-13(9-11-14)19-26-17-6-1-2-7-18(17)31(29,30)27-19/h1-12,19,26-27H,(H,25,28)/t19-/m1/s1. The zero-order valence-corrected chi connectivity index (χ0v) is 16.6. The maximum Gasteiger partial charge on any atom is 0.416 e. The number of benzene rings is 3. The van der Waals surface area contributed by atoms with E-state index in [1.54, 1.807) is 30.3 Å². The van der Waals surface area contributed by atoms with E-state index in [9.17, 15) is 26.4 Å². The second kappa shape index (κ2) is 7.71. The number of amides is 1. The van der Waals surface area contributed by atoms with Gasteiger partial charge in [-0.2, -0.15) is 17.9 Å². The summed E-state index contributed by atoms with van der Waals surface area (Å²) in [6.45, 7) is 0. The van der Waals surface area contributed by atoms with Gasteiger partial charge >= 0.3 is 6.18 Å². The Bertz CT molecular complexity index is 1240. The van der Waals surface area contributed by atoms with Gasteiger partial charge < -0.3 is 10.6 Å². The van der Waals surface area contributed by atoms with Crippen LogP contribution in [0.2, 0.25) is 0 Å². The van der Waals surface area contributed by atoms with Crippen molar-refractivity contribution in [3.8, 4) is 0 Å². The van der Waals surface area contributed by atoms with E-state index in [1.807, 2.05) is 0 Å². The Kier molecular flexibility index (Phi) is 5.19. The highest BCUT2D eigenvalue weighted by Gasteiger charge is 2.31. The van der Waals surface area contributed by atoms with Gasteiger partial charge in [-0.25, -0.2) is 8.42 Å². The molecule has 3 aromatic rings. The van der Waals surface area contributed by atoms with Crippen molar-refractivity contribution in [1.82, 2.24) is 4.72 Å². The van der Waals surface area contributed by atoms with Gasteiger partial charge in [0.25, 0.3) is 5.91 Å². The second-order valence-corrected chi connectivity index (χ2v) is 8.53. The molecule has 0 radical (unpaired) electrons. The molecule has 4 rings (SSSR count). The molecule has 0 bridgehead atoms. The third-order valence-corrected chi connectivity index (χ3v) is 6.18. The molecule has 0 aromatic heterocycles. The predicted octanol–water partition coefficient (Wildman–Crippen LogP) is 4.36. The van der Waals surface area contributed by atoms with Crippen molar-refractivity contribution in [2.45, 2.75) is 17.2 Å². The van der Waals surface area contributed by atoms with Gasteiger partial charge in [-0.3, -0.25) is 4.79 Å². The van der Waals surface area contributed by atoms with Crippen LogP contribution in [0.1, 0.15) is 27.7 Å². The Hall–Kier alpha value is -3.37. The number of anilines is 2. The van der Waals surface area contributed by atoms with Gasteiger partial charge in [-0.1, -0.05) is 30.3 Å². The van der Waals surface area contributed by atoms with Gasteiger partial charge in [0, 0.05) is 11.3 Å². The van der Waals surface area contributed by atoms with Crippen molar-refractivity contribution in [2.75, 3.05) is 10.6 Å². The number of carbonyl (C=O) groups excluding carboxylic acids is 1. The molecule has 0 saturated carbocycles. The lowest BCUT2D eigenvalue weighted by Crippen LogP contribution is -2.38. The molecule has 0 unspecified atom stereocenters. The number of hydrogen-bond acceptors (Lipinski definition) is 4. The fraction of sp³-hybridized carbons (Fsp3) is 0.0952. The average molecular weight is 447 g/mol. The Morgan fingerprint density at radius 2 is 1.65 bits per heavy atom. The lowest BCUT2D eigenvalue weighted by molar-refractivity contribution is -0.137. The molecule has 3 aromatic carbocycles. The molecule has 1 heterocycles. The summed E-state index contributed by atoms with van der Waals surface area (Å²) in [7, 11) is -3.71. The van der Waals surface area contributed by atoms with Crippen LogP contribution in [0, 0.1) is 0 Å². The number of halogens is 3. The monoisotopic (exact) mass is 447 g/mol. The van der Waals surface area contributed by atoms with Crippen molar-refractivity contribution in [2.24, 2.45) is 0 Å². The largest absolute Gasteiger partial charge is 0.416 e. The minimum Gasteiger partial charge on any atom is -0.364 e. The van der Waals surface area contributed by atoms with Crippen molar-refractivity contribution < 1.29 is 26.4 Å². The molecule has 1 aliphatic heterocycles. The van der Waals surface area contributed by atoms with E-state index in [0.29, 0.717) is 11.3 Å². The molecule has 0 spiro atoms. The SMILES string of the molecule is O=C(Nc1cccc(C(F)(F)F)c1)c1ccc([C@@H]2Nc3ccccc3S(=O)(=O)N2)cc1. The molecule has 6 nitrogen and oxygen atoms in total. The van der Waals surface area contributed by atoms with Gasteiger partial charge in [0.2, 0.25) is 10.0 Å². The normalized spacial score (nSPS) is 17.3. The first-order valence-electron chi connectivity index (χ1n) is 9.10. The first-order valence-corrected chi connectivity index (χ1v) is 10.6. The molecule has 1 aliphatic rings. The number of sulfonamides is 1. The summed E-state index contributed by atoms with van der Waals surface area (Å²) in [5.74, 6) is -0.589. The molecule has 0 fully saturated rings. The number of para-hydroxylation sites is 1. The quantitative estimate of drug-likeness (QED) is 0.557. The summed E-state index contributed by atoms with van der Waals surface area (Å²) in [6, 6.07) is 16.9. The summed E-state index contributed by atoms with van der Waals surface area (Å²) < 4.78 is 65.9. The van der Waals surface area contributed by atoms with Crippen LogP contribution in [0.25, 0.3) is 0 Å². The number of fused-ring (bicyclic) bond motifs is 1. The third-order valence-electron chi connectivity index (χ3n) is 4.70. The Balaban J connectivity index is 1.51. The smallest absolute Gasteiger partial charge is 0.364 e. The second-order valence-electron chi connectivity index (χ2n) is 6.85. The van der Waals surface area contributed by atoms with Crippen LogP contribution in [-0.2, 0) is 16.2 Å². The summed E-state index contributed by atoms with van der Waals surface area (Å²) >= 11 is 0. The molecule has 3 N–H and O–H groups in total. The van der Waals surface area contributed by atoms with Crippen molar-refractivity contribution in [3.63, 3.8) is 0 Å². The van der Waals surface area contributed by atoms with Gasteiger partial charge in [-0.05, 0) is 48.0 Å². The average Bonchev–Trinajstić information content (AvgIpc) is 2.73. The molecule has 160 valence electrons. The number of carbonyl (C=O) groups is 1. The molecule has 1 atom stereocenters. The summed E-state index contributed by atoms with van der Waals surface area (Å²) in [4.78, 5) is 12.6. The van der Waals surface area contributed by atoms with Crippen molar-refractivity contribution >= 4 is 27.3 Å². The lowest BCUT2D eigenvalue weighted by atomic mass is 10.1. The minimum atomic E-state index is -4.51. The van der Waals surface area contributed by atoms with Crippen LogP contribution in [0.5, 0.6) is 0 Å². The predicted molar refractivity (Wildman–Crippen MR) is 109 cm³/mol. The Morgan fingerprint density at radius 3 is 2.35 bits per heavy atom. The summed E-state index contributed by atoms with van der Waals surface area (Å²) in [5, 5.41) is 5.51. The maximum absolute atomic E-state index is 12.8. The fourth-order valence-corrected chi connectivity index (χ4v) is 4.49. The summed E-state index contributed by atoms with van der Waals surface area (Å²) in [5.41, 5.74) is 0.380. The van der Waals surface area contributed by atoms with E-state index in [2.05, 4.69) is 15.4 Å². The van der Waals surface area contributed by atoms with E-state index >= 15 is 0 Å². The van der Waals surface area contributed by atoms with Gasteiger partial charge in [-0.15, -0.1) is 0 Å². The zero-order chi connectivity index (χ0) is 22.2. The van der Waals surface area contributed by atoms with E-state index in [-0.39, 0.29) is 16.1 Å². The molecule has 1 amide bonds. The zero-order valence-electron chi connectivity index (χ0n) is 15.8. The van der Waals surface area contributed by atoms with Crippen molar-refractivity contribution in [1.29, 1.82) is 0 Å². The van der Waals surface area contributed by atoms with E-state index < -0.39 is 33.8 Å². The van der Waals surface area contributed by atoms with Gasteiger partial charge in [0.05, 0.1) is 11.3 Å². The third kappa shape index (κ3) is 4.39. The first-order chi connectivity index (χ1) is 14.6. The molecule has 0 aliphatic carbocycles. The minimum absolute atomic E-state index is 0.0159. The van der Waals surface area contributed by atoms with E-state index in [4.69, 9.17) is 0 Å². The number of rotatable bonds is 3. The van der Waals surface area contributed by atoms with E-state index in [1.165, 1.54) is 30.3 Å². The van der Waals surface area contributed by atoms with Crippen LogP contribution in [0.4, 0.5) is 24.5 Å². The topological polar surface area (TPSA) is 87.3 Å². The Morgan fingerprint density at radius 1 is 0.935 bits per heavy atom. The number of hydrogen-bond donors (Lipinski definition) is 3. The summed E-state index contributed by atoms with van der Waals surface area (Å²) in [6.07, 6.45) is -5.25. The first kappa shape index (κ1) is 20.9. The van der Waals surface area contributed by atoms with Crippen LogP contribution in [0.15, 0.2) is 77.7 Å². The van der Waals surface area contributed by atoms with Crippen LogP contribution >= 0.6 is 0 Å². The highest BCUT2D eigenvalue weighted by molar-refractivity contribution is 7.89. The van der Waals surface area contributed by atoms with Crippen LogP contribution in [0.3, 0.4) is 0 Å². The van der Waals surface area contributed by atoms with Gasteiger partial charge in [0.1, 0.15) is 11.1 Å². The fourth-order valence-electron chi connectivity index (χ4n) is 3.18. The van der Waals surface area contributed by atoms with Gasteiger partial charge in [0.15, 0.2) is 0 Å². The molecular formula is C21H16F3N3O3S. The number of nitrogens with one attached hydrogen (secondary N) is 3. The maximum atomic E-state index is 12.8.